The molecule has 0 bridgehead atoms. The van der Waals surface area contributed by atoms with E-state index in [-0.39, 0.29) is 24.8 Å². The topological polar surface area (TPSA) is 117 Å². The maximum atomic E-state index is 12.5. The van der Waals surface area contributed by atoms with Crippen LogP contribution in [0.1, 0.15) is 61.9 Å². The van der Waals surface area contributed by atoms with E-state index in [9.17, 15) is 19.2 Å². The third-order valence-corrected chi connectivity index (χ3v) is 5.13. The molecule has 0 spiro atoms. The van der Waals surface area contributed by atoms with Gasteiger partial charge in [-0.3, -0.25) is 30.0 Å². The molecule has 2 rings (SSSR count). The van der Waals surface area contributed by atoms with Crippen molar-refractivity contribution in [2.75, 3.05) is 18.0 Å². The number of unbranched alkanes of at least 4 members (excludes halogenated alkanes) is 2. The molecule has 1 aromatic carbocycles. The van der Waals surface area contributed by atoms with Crippen molar-refractivity contribution in [1.29, 1.82) is 0 Å². The molecule has 3 amide bonds. The van der Waals surface area contributed by atoms with E-state index < -0.39 is 11.8 Å². The predicted molar refractivity (Wildman–Crippen MR) is 111 cm³/mol. The highest BCUT2D eigenvalue weighted by atomic mass is 16.7. The Bertz CT molecular complexity index is 768. The second-order valence-electron chi connectivity index (χ2n) is 7.32. The smallest absolute Gasteiger partial charge is 0.312 e. The van der Waals surface area contributed by atoms with Crippen molar-refractivity contribution in [3.05, 3.63) is 29.3 Å². The molecule has 9 heteroatoms. The zero-order chi connectivity index (χ0) is 21.9. The van der Waals surface area contributed by atoms with Crippen molar-refractivity contribution >= 4 is 29.9 Å². The van der Waals surface area contributed by atoms with E-state index in [1.807, 2.05) is 0 Å². The first-order valence-electron chi connectivity index (χ1n) is 10.3. The number of hydroxylamine groups is 1. The van der Waals surface area contributed by atoms with Gasteiger partial charge >= 0.3 is 6.47 Å². The Labute approximate surface area is 176 Å². The van der Waals surface area contributed by atoms with Gasteiger partial charge in [-0.1, -0.05) is 26.2 Å². The van der Waals surface area contributed by atoms with E-state index in [1.165, 1.54) is 6.92 Å². The molecule has 0 saturated carbocycles. The molecule has 1 heterocycles. The van der Waals surface area contributed by atoms with Gasteiger partial charge in [0.05, 0.1) is 5.92 Å². The molecule has 1 atom stereocenters. The maximum Gasteiger partial charge on any atom is 0.312 e. The zero-order valence-corrected chi connectivity index (χ0v) is 17.5. The number of fused-ring (bicyclic) bond motifs is 1. The van der Waals surface area contributed by atoms with Gasteiger partial charge in [-0.25, -0.2) is 0 Å². The molecule has 3 N–H and O–H groups in total. The van der Waals surface area contributed by atoms with Crippen LogP contribution >= 0.6 is 0 Å². The summed E-state index contributed by atoms with van der Waals surface area (Å²) in [6, 6.07) is 5.16. The minimum absolute atomic E-state index is 0.0262. The van der Waals surface area contributed by atoms with Crippen LogP contribution in [0.3, 0.4) is 0 Å². The molecule has 0 fully saturated rings. The molecule has 1 aliphatic heterocycles. The number of hydrazine groups is 1. The fraction of sp³-hybridized carbons (Fsp3) is 0.524. The first-order valence-corrected chi connectivity index (χ1v) is 10.3. The van der Waals surface area contributed by atoms with Crippen molar-refractivity contribution in [2.24, 2.45) is 5.92 Å². The van der Waals surface area contributed by atoms with E-state index in [1.54, 1.807) is 23.1 Å². The normalized spacial score (nSPS) is 13.7. The van der Waals surface area contributed by atoms with Gasteiger partial charge in [-0.05, 0) is 43.0 Å². The first kappa shape index (κ1) is 23.3. The molecule has 164 valence electrons. The second kappa shape index (κ2) is 11.9. The van der Waals surface area contributed by atoms with Gasteiger partial charge in [0.1, 0.15) is 0 Å². The molecule has 9 nitrogen and oxygen atoms in total. The Morgan fingerprint density at radius 3 is 2.73 bits per heavy atom. The molecule has 0 unspecified atom stereocenters. The summed E-state index contributed by atoms with van der Waals surface area (Å²) >= 11 is 0. The molecule has 1 aromatic rings. The molecule has 0 radical (unpaired) electrons. The minimum atomic E-state index is -0.454. The zero-order valence-electron chi connectivity index (χ0n) is 17.5. The van der Waals surface area contributed by atoms with Gasteiger partial charge in [-0.15, -0.1) is 0 Å². The summed E-state index contributed by atoms with van der Waals surface area (Å²) in [6.45, 7) is 4.68. The van der Waals surface area contributed by atoms with Crippen LogP contribution in [0.25, 0.3) is 0 Å². The fourth-order valence-electron chi connectivity index (χ4n) is 3.51. The number of hydrogen-bond acceptors (Lipinski definition) is 6. The molecule has 30 heavy (non-hydrogen) atoms. The van der Waals surface area contributed by atoms with Gasteiger partial charge in [0.15, 0.2) is 0 Å². The number of anilines is 1. The Hall–Kier alpha value is -2.94. The van der Waals surface area contributed by atoms with Crippen molar-refractivity contribution in [3.63, 3.8) is 0 Å². The van der Waals surface area contributed by atoms with Gasteiger partial charge in [0, 0.05) is 31.3 Å². The average Bonchev–Trinajstić information content (AvgIpc) is 2.75. The largest absolute Gasteiger partial charge is 0.374 e. The number of carbonyl (C=O) groups excluding carboxylic acids is 4. The molecule has 0 aromatic heterocycles. The number of rotatable bonds is 10. The van der Waals surface area contributed by atoms with Crippen LogP contribution in [0.4, 0.5) is 5.69 Å². The molecular formula is C21H30N4O5. The van der Waals surface area contributed by atoms with Crippen LogP contribution in [-0.4, -0.2) is 37.3 Å². The van der Waals surface area contributed by atoms with Crippen LogP contribution in [-0.2, 0) is 25.6 Å². The van der Waals surface area contributed by atoms with E-state index in [2.05, 4.69) is 28.1 Å². The highest BCUT2D eigenvalue weighted by Crippen LogP contribution is 2.28. The van der Waals surface area contributed by atoms with E-state index in [0.717, 1.165) is 43.4 Å². The van der Waals surface area contributed by atoms with Gasteiger partial charge in [-0.2, -0.15) is 5.48 Å². The first-order chi connectivity index (χ1) is 14.5. The standard InChI is InChI=1S/C21H30N4O5/c1-3-4-5-7-18(13-22-30-14-26)21(29)24-23-20(28)17-9-10-19-16(12-17)8-6-11-25(19)15(2)27/h9-10,12,14,18,22H,3-8,11,13H2,1-2H3,(H,23,28)(H,24,29)/t18-/m1/s1. The molecule has 1 aliphatic rings. The summed E-state index contributed by atoms with van der Waals surface area (Å²) in [7, 11) is 0. The summed E-state index contributed by atoms with van der Waals surface area (Å²) in [6.07, 6.45) is 5.07. The summed E-state index contributed by atoms with van der Waals surface area (Å²) in [5, 5.41) is 0. The third kappa shape index (κ3) is 6.55. The fourth-order valence-corrected chi connectivity index (χ4v) is 3.51. The maximum absolute atomic E-state index is 12.5. The van der Waals surface area contributed by atoms with Crippen molar-refractivity contribution < 1.29 is 24.0 Å². The predicted octanol–water partition coefficient (Wildman–Crippen LogP) is 1.62. The lowest BCUT2D eigenvalue weighted by molar-refractivity contribution is -0.138. The van der Waals surface area contributed by atoms with Gasteiger partial charge in [0.2, 0.25) is 11.8 Å². The summed E-state index contributed by atoms with van der Waals surface area (Å²) in [4.78, 5) is 53.2. The Morgan fingerprint density at radius 1 is 1.23 bits per heavy atom. The van der Waals surface area contributed by atoms with E-state index >= 15 is 0 Å². The number of benzene rings is 1. The van der Waals surface area contributed by atoms with Crippen LogP contribution in [0, 0.1) is 5.92 Å². The average molecular weight is 418 g/mol. The lowest BCUT2D eigenvalue weighted by Crippen LogP contribution is -2.46. The third-order valence-electron chi connectivity index (χ3n) is 5.13. The Balaban J connectivity index is 1.96. The number of aryl methyl sites for hydroxylation is 1. The monoisotopic (exact) mass is 418 g/mol. The van der Waals surface area contributed by atoms with Crippen LogP contribution < -0.4 is 21.2 Å². The number of nitrogens with zero attached hydrogens (tertiary/aromatic N) is 1. The lowest BCUT2D eigenvalue weighted by Gasteiger charge is -2.28. The van der Waals surface area contributed by atoms with Crippen LogP contribution in [0.2, 0.25) is 0 Å². The van der Waals surface area contributed by atoms with E-state index in [0.29, 0.717) is 18.5 Å². The Kier molecular flexibility index (Phi) is 9.27. The van der Waals surface area contributed by atoms with Crippen LogP contribution in [0.15, 0.2) is 18.2 Å². The number of amides is 3. The van der Waals surface area contributed by atoms with Gasteiger partial charge in [0.25, 0.3) is 5.91 Å². The lowest BCUT2D eigenvalue weighted by atomic mass is 9.99. The van der Waals surface area contributed by atoms with Crippen molar-refractivity contribution in [1.82, 2.24) is 16.3 Å². The minimum Gasteiger partial charge on any atom is -0.374 e. The van der Waals surface area contributed by atoms with Crippen molar-refractivity contribution in [3.8, 4) is 0 Å². The van der Waals surface area contributed by atoms with Crippen molar-refractivity contribution in [2.45, 2.75) is 52.4 Å². The summed E-state index contributed by atoms with van der Waals surface area (Å²) < 4.78 is 0. The SMILES string of the molecule is CCCCC[C@H](CNOC=O)C(=O)NNC(=O)c1ccc2c(c1)CCCN2C(C)=O. The molecule has 0 aliphatic carbocycles. The highest BCUT2D eigenvalue weighted by Gasteiger charge is 2.22. The van der Waals surface area contributed by atoms with Crippen LogP contribution in [0.5, 0.6) is 0 Å². The second-order valence-corrected chi connectivity index (χ2v) is 7.32. The van der Waals surface area contributed by atoms with Gasteiger partial charge < -0.3 is 9.74 Å². The highest BCUT2D eigenvalue weighted by molar-refractivity contribution is 5.98. The Morgan fingerprint density at radius 2 is 2.03 bits per heavy atom. The summed E-state index contributed by atoms with van der Waals surface area (Å²) in [5.41, 5.74) is 9.50. The molecule has 0 saturated heterocycles. The number of nitrogens with one attached hydrogen (secondary N) is 3. The summed E-state index contributed by atoms with van der Waals surface area (Å²) in [5.74, 6) is -1.27. The molecular weight excluding hydrogens is 388 g/mol. The number of hydrogen-bond donors (Lipinski definition) is 3. The number of carbonyl (C=O) groups is 4. The van der Waals surface area contributed by atoms with E-state index in [4.69, 9.17) is 0 Å². The quantitative estimate of drug-likeness (QED) is 0.302.